The van der Waals surface area contributed by atoms with Crippen LogP contribution >= 0.6 is 11.3 Å². The van der Waals surface area contributed by atoms with Crippen LogP contribution in [0.1, 0.15) is 21.9 Å². The maximum Gasteiger partial charge on any atom is 0.355 e. The molecule has 0 saturated heterocycles. The zero-order chi connectivity index (χ0) is 10.6. The highest BCUT2D eigenvalue weighted by Crippen LogP contribution is 2.07. The zero-order valence-corrected chi connectivity index (χ0v) is 7.80. The number of carbonyl (C=O) groups is 2. The summed E-state index contributed by atoms with van der Waals surface area (Å²) in [5.74, 6) is 3.41. The van der Waals surface area contributed by atoms with Gasteiger partial charge in [0.25, 0.3) is 0 Å². The molecule has 1 amide bonds. The summed E-state index contributed by atoms with van der Waals surface area (Å²) >= 11 is 1.11. The van der Waals surface area contributed by atoms with Gasteiger partial charge in [-0.15, -0.1) is 11.3 Å². The second-order valence-corrected chi connectivity index (χ2v) is 3.15. The Kier molecular flexibility index (Phi) is 3.20. The molecule has 0 aliphatic carbocycles. The first-order valence-electron chi connectivity index (χ1n) is 3.55. The Morgan fingerprint density at radius 3 is 2.86 bits per heavy atom. The highest BCUT2D eigenvalue weighted by Gasteiger charge is 2.06. The molecule has 14 heavy (non-hydrogen) atoms. The van der Waals surface area contributed by atoms with E-state index in [0.717, 1.165) is 11.3 Å². The quantitative estimate of drug-likeness (QED) is 0.675. The normalized spacial score (nSPS) is 8.86. The van der Waals surface area contributed by atoms with Crippen LogP contribution in [0.4, 0.5) is 0 Å². The molecule has 0 saturated carbocycles. The number of aromatic carboxylic acids is 1. The Hall–Kier alpha value is -1.87. The van der Waals surface area contributed by atoms with Gasteiger partial charge in [0.05, 0.1) is 6.42 Å². The highest BCUT2D eigenvalue weighted by molar-refractivity contribution is 7.10. The molecule has 0 fully saturated rings. The lowest BCUT2D eigenvalue weighted by Gasteiger charge is -1.80. The van der Waals surface area contributed by atoms with Gasteiger partial charge < -0.3 is 10.8 Å². The SMILES string of the molecule is NC(=O)CC#Cc1nc(C(=O)O)cs1. The van der Waals surface area contributed by atoms with Crippen LogP contribution in [0.15, 0.2) is 5.38 Å². The zero-order valence-electron chi connectivity index (χ0n) is 6.98. The summed E-state index contributed by atoms with van der Waals surface area (Å²) in [6.45, 7) is 0. The van der Waals surface area contributed by atoms with E-state index in [9.17, 15) is 9.59 Å². The molecular formula is C8H6N2O3S. The maximum absolute atomic E-state index is 10.4. The van der Waals surface area contributed by atoms with E-state index in [2.05, 4.69) is 16.8 Å². The second kappa shape index (κ2) is 4.39. The summed E-state index contributed by atoms with van der Waals surface area (Å²) < 4.78 is 0. The number of aromatic nitrogens is 1. The van der Waals surface area contributed by atoms with E-state index in [0.29, 0.717) is 5.01 Å². The van der Waals surface area contributed by atoms with Crippen LogP contribution in [-0.2, 0) is 4.79 Å². The van der Waals surface area contributed by atoms with Gasteiger partial charge in [-0.2, -0.15) is 0 Å². The lowest BCUT2D eigenvalue weighted by molar-refractivity contribution is -0.117. The van der Waals surface area contributed by atoms with Crippen molar-refractivity contribution in [2.75, 3.05) is 0 Å². The van der Waals surface area contributed by atoms with Gasteiger partial charge in [-0.3, -0.25) is 4.79 Å². The third-order valence-electron chi connectivity index (χ3n) is 1.18. The summed E-state index contributed by atoms with van der Waals surface area (Å²) in [5, 5.41) is 10.3. The van der Waals surface area contributed by atoms with Crippen molar-refractivity contribution in [3.8, 4) is 11.8 Å². The molecule has 5 nitrogen and oxygen atoms in total. The van der Waals surface area contributed by atoms with Crippen molar-refractivity contribution in [1.29, 1.82) is 0 Å². The van der Waals surface area contributed by atoms with Crippen LogP contribution in [-0.4, -0.2) is 22.0 Å². The Morgan fingerprint density at radius 2 is 2.36 bits per heavy atom. The van der Waals surface area contributed by atoms with Crippen LogP contribution in [0, 0.1) is 11.8 Å². The van der Waals surface area contributed by atoms with Crippen LogP contribution in [0.25, 0.3) is 0 Å². The first kappa shape index (κ1) is 10.2. The Labute approximate surface area is 83.6 Å². The van der Waals surface area contributed by atoms with Crippen LogP contribution in [0.3, 0.4) is 0 Å². The summed E-state index contributed by atoms with van der Waals surface area (Å²) in [6, 6.07) is 0. The van der Waals surface area contributed by atoms with Gasteiger partial charge in [0, 0.05) is 5.38 Å². The summed E-state index contributed by atoms with van der Waals surface area (Å²) in [5.41, 5.74) is 4.81. The molecule has 1 heterocycles. The average molecular weight is 210 g/mol. The van der Waals surface area contributed by atoms with Gasteiger partial charge in [0.15, 0.2) is 10.7 Å². The van der Waals surface area contributed by atoms with Crippen LogP contribution in [0.2, 0.25) is 0 Å². The van der Waals surface area contributed by atoms with Crippen molar-refractivity contribution in [3.63, 3.8) is 0 Å². The minimum atomic E-state index is -1.09. The fourth-order valence-electron chi connectivity index (χ4n) is 0.636. The van der Waals surface area contributed by atoms with Crippen LogP contribution in [0.5, 0.6) is 0 Å². The minimum Gasteiger partial charge on any atom is -0.476 e. The van der Waals surface area contributed by atoms with E-state index >= 15 is 0 Å². The summed E-state index contributed by atoms with van der Waals surface area (Å²) in [4.78, 5) is 24.4. The molecule has 72 valence electrons. The number of thiazole rings is 1. The fraction of sp³-hybridized carbons (Fsp3) is 0.125. The van der Waals surface area contributed by atoms with Crippen molar-refractivity contribution >= 4 is 23.2 Å². The molecule has 0 aliphatic heterocycles. The maximum atomic E-state index is 10.4. The number of carboxylic acid groups (broad SMARTS) is 1. The van der Waals surface area contributed by atoms with E-state index < -0.39 is 11.9 Å². The molecule has 0 aliphatic rings. The molecule has 1 aromatic heterocycles. The van der Waals surface area contributed by atoms with Gasteiger partial charge in [-0.05, 0) is 5.92 Å². The number of nitrogens with two attached hydrogens (primary N) is 1. The van der Waals surface area contributed by atoms with Crippen molar-refractivity contribution in [3.05, 3.63) is 16.1 Å². The van der Waals surface area contributed by atoms with Crippen molar-refractivity contribution < 1.29 is 14.7 Å². The number of hydrogen-bond acceptors (Lipinski definition) is 4. The fourth-order valence-corrected chi connectivity index (χ4v) is 1.30. The predicted octanol–water partition coefficient (Wildman–Crippen LogP) is 0.0682. The Balaban J connectivity index is 2.71. The largest absolute Gasteiger partial charge is 0.476 e. The van der Waals surface area contributed by atoms with E-state index in [-0.39, 0.29) is 12.1 Å². The molecule has 1 rings (SSSR count). The first-order valence-corrected chi connectivity index (χ1v) is 4.43. The van der Waals surface area contributed by atoms with Gasteiger partial charge >= 0.3 is 5.97 Å². The number of carboxylic acids is 1. The van der Waals surface area contributed by atoms with Gasteiger partial charge in [0.1, 0.15) is 0 Å². The standard InChI is InChI=1S/C8H6N2O3S/c9-6(11)2-1-3-7-10-5(4-14-7)8(12)13/h4H,2H2,(H2,9,11)(H,12,13). The number of hydrogen-bond donors (Lipinski definition) is 2. The molecule has 6 heteroatoms. The van der Waals surface area contributed by atoms with Crippen molar-refractivity contribution in [1.82, 2.24) is 4.98 Å². The van der Waals surface area contributed by atoms with E-state index in [1.54, 1.807) is 0 Å². The minimum absolute atomic E-state index is 0.0432. The molecule has 0 unspecified atom stereocenters. The average Bonchev–Trinajstić information content (AvgIpc) is 2.52. The third-order valence-corrected chi connectivity index (χ3v) is 1.94. The number of primary amides is 1. The van der Waals surface area contributed by atoms with E-state index in [1.165, 1.54) is 5.38 Å². The highest BCUT2D eigenvalue weighted by atomic mass is 32.1. The number of amides is 1. The van der Waals surface area contributed by atoms with Crippen molar-refractivity contribution in [2.24, 2.45) is 5.73 Å². The lowest BCUT2D eigenvalue weighted by Crippen LogP contribution is -2.08. The van der Waals surface area contributed by atoms with E-state index in [4.69, 9.17) is 10.8 Å². The predicted molar refractivity (Wildman–Crippen MR) is 49.8 cm³/mol. The summed E-state index contributed by atoms with van der Waals surface area (Å²) in [7, 11) is 0. The Morgan fingerprint density at radius 1 is 1.64 bits per heavy atom. The second-order valence-electron chi connectivity index (χ2n) is 2.29. The molecule has 0 aromatic carbocycles. The topological polar surface area (TPSA) is 93.3 Å². The number of rotatable bonds is 2. The van der Waals surface area contributed by atoms with E-state index in [1.807, 2.05) is 0 Å². The summed E-state index contributed by atoms with van der Waals surface area (Å²) in [6.07, 6.45) is -0.0536. The first-order chi connectivity index (χ1) is 6.59. The Bertz CT molecular complexity index is 427. The molecule has 0 radical (unpaired) electrons. The van der Waals surface area contributed by atoms with Gasteiger partial charge in [0.2, 0.25) is 5.91 Å². The molecule has 0 bridgehead atoms. The van der Waals surface area contributed by atoms with Gasteiger partial charge in [-0.1, -0.05) is 5.92 Å². The van der Waals surface area contributed by atoms with Crippen molar-refractivity contribution in [2.45, 2.75) is 6.42 Å². The molecule has 1 aromatic rings. The number of nitrogens with zero attached hydrogens (tertiary/aromatic N) is 1. The molecular weight excluding hydrogens is 204 g/mol. The monoisotopic (exact) mass is 210 g/mol. The molecule has 0 spiro atoms. The van der Waals surface area contributed by atoms with Gasteiger partial charge in [-0.25, -0.2) is 9.78 Å². The lowest BCUT2D eigenvalue weighted by atomic mass is 10.4. The molecule has 3 N–H and O–H groups in total. The molecule has 0 atom stereocenters. The smallest absolute Gasteiger partial charge is 0.355 e. The third kappa shape index (κ3) is 2.88. The number of carbonyl (C=O) groups excluding carboxylic acids is 1. The van der Waals surface area contributed by atoms with Crippen LogP contribution < -0.4 is 5.73 Å².